The minimum Gasteiger partial charge on any atom is -0.366 e. The van der Waals surface area contributed by atoms with Gasteiger partial charge in [-0.2, -0.15) is 0 Å². The molecule has 100 valence electrons. The fourth-order valence-electron chi connectivity index (χ4n) is 2.02. The van der Waals surface area contributed by atoms with Gasteiger partial charge in [-0.25, -0.2) is 0 Å². The molecule has 0 aliphatic rings. The van der Waals surface area contributed by atoms with E-state index in [1.807, 2.05) is 22.9 Å². The normalized spacial score (nSPS) is 10.6. The van der Waals surface area contributed by atoms with Gasteiger partial charge in [0.15, 0.2) is 0 Å². The van der Waals surface area contributed by atoms with Gasteiger partial charge in [-0.1, -0.05) is 6.07 Å². The molecule has 0 fully saturated rings. The van der Waals surface area contributed by atoms with E-state index in [9.17, 15) is 4.79 Å². The first kappa shape index (κ1) is 13.3. The maximum atomic E-state index is 11.5. The molecule has 2 aromatic heterocycles. The number of hydrogen-bond acceptors (Lipinski definition) is 3. The lowest BCUT2D eigenvalue weighted by Crippen LogP contribution is -2.11. The summed E-state index contributed by atoms with van der Waals surface area (Å²) in [6.45, 7) is 1.51. The number of carbonyl (C=O) groups excluding carboxylic acids is 1. The number of aryl methyl sites for hydroxylation is 1. The van der Waals surface area contributed by atoms with Gasteiger partial charge < -0.3 is 16.0 Å². The highest BCUT2D eigenvalue weighted by atomic mass is 16.1. The van der Waals surface area contributed by atoms with Crippen LogP contribution in [0.4, 0.5) is 0 Å². The highest BCUT2D eigenvalue weighted by molar-refractivity contribution is 5.99. The van der Waals surface area contributed by atoms with Crippen LogP contribution in [0.15, 0.2) is 36.9 Å². The number of aromatic nitrogens is 2. The van der Waals surface area contributed by atoms with Crippen LogP contribution in [-0.2, 0) is 6.54 Å². The number of amides is 1. The zero-order chi connectivity index (χ0) is 13.7. The van der Waals surface area contributed by atoms with E-state index in [1.165, 1.54) is 0 Å². The van der Waals surface area contributed by atoms with Crippen molar-refractivity contribution in [3.05, 3.63) is 42.5 Å². The average molecular weight is 258 g/mol. The number of primary amides is 1. The lowest BCUT2D eigenvalue weighted by atomic mass is 10.1. The van der Waals surface area contributed by atoms with Gasteiger partial charge in [0.05, 0.1) is 5.56 Å². The Morgan fingerprint density at radius 2 is 2.16 bits per heavy atom. The van der Waals surface area contributed by atoms with Gasteiger partial charge in [0, 0.05) is 42.5 Å². The minimum atomic E-state index is -0.420. The number of nitrogens with two attached hydrogens (primary N) is 2. The lowest BCUT2D eigenvalue weighted by molar-refractivity contribution is 0.100. The van der Waals surface area contributed by atoms with Gasteiger partial charge in [-0.3, -0.25) is 9.78 Å². The van der Waals surface area contributed by atoms with Crippen LogP contribution in [0, 0.1) is 0 Å². The summed E-state index contributed by atoms with van der Waals surface area (Å²) in [4.78, 5) is 15.6. The topological polar surface area (TPSA) is 86.9 Å². The molecule has 5 heteroatoms. The van der Waals surface area contributed by atoms with E-state index < -0.39 is 5.91 Å². The molecule has 0 atom stereocenters. The molecule has 0 aliphatic carbocycles. The maximum Gasteiger partial charge on any atom is 0.250 e. The molecule has 2 rings (SSSR count). The first-order valence-electron chi connectivity index (χ1n) is 6.32. The zero-order valence-electron chi connectivity index (χ0n) is 10.7. The maximum absolute atomic E-state index is 11.5. The molecular weight excluding hydrogens is 240 g/mol. The Morgan fingerprint density at radius 3 is 2.79 bits per heavy atom. The van der Waals surface area contributed by atoms with Crippen molar-refractivity contribution in [1.29, 1.82) is 0 Å². The van der Waals surface area contributed by atoms with Crippen molar-refractivity contribution in [3.63, 3.8) is 0 Å². The van der Waals surface area contributed by atoms with Gasteiger partial charge in [-0.05, 0) is 25.5 Å². The molecule has 0 bridgehead atoms. The summed E-state index contributed by atoms with van der Waals surface area (Å²) in [5.74, 6) is -0.420. The predicted molar refractivity (Wildman–Crippen MR) is 74.5 cm³/mol. The summed E-state index contributed by atoms with van der Waals surface area (Å²) in [6, 6.07) is 3.75. The number of rotatable bonds is 6. The summed E-state index contributed by atoms with van der Waals surface area (Å²) in [5.41, 5.74) is 13.2. The van der Waals surface area contributed by atoms with Crippen LogP contribution in [0.25, 0.3) is 11.1 Å². The van der Waals surface area contributed by atoms with E-state index in [-0.39, 0.29) is 0 Å². The van der Waals surface area contributed by atoms with Crippen LogP contribution < -0.4 is 11.5 Å². The van der Waals surface area contributed by atoms with Gasteiger partial charge in [-0.15, -0.1) is 0 Å². The van der Waals surface area contributed by atoms with E-state index >= 15 is 0 Å². The Balaban J connectivity index is 2.29. The van der Waals surface area contributed by atoms with Crippen LogP contribution in [-0.4, -0.2) is 22.0 Å². The molecule has 5 nitrogen and oxygen atoms in total. The minimum absolute atomic E-state index is 0.420. The highest BCUT2D eigenvalue weighted by Crippen LogP contribution is 2.24. The van der Waals surface area contributed by atoms with Gasteiger partial charge in [0.2, 0.25) is 0 Å². The van der Waals surface area contributed by atoms with Gasteiger partial charge in [0.1, 0.15) is 0 Å². The average Bonchev–Trinajstić information content (AvgIpc) is 2.84. The number of hydrogen-bond donors (Lipinski definition) is 2. The van der Waals surface area contributed by atoms with E-state index in [2.05, 4.69) is 4.98 Å². The molecular formula is C14H18N4O. The second-order valence-corrected chi connectivity index (χ2v) is 4.43. The third-order valence-corrected chi connectivity index (χ3v) is 2.99. The van der Waals surface area contributed by atoms with E-state index in [1.54, 1.807) is 18.6 Å². The molecule has 2 heterocycles. The van der Waals surface area contributed by atoms with Crippen molar-refractivity contribution in [1.82, 2.24) is 9.55 Å². The van der Waals surface area contributed by atoms with Gasteiger partial charge in [0.25, 0.3) is 5.91 Å². The highest BCUT2D eigenvalue weighted by Gasteiger charge is 2.13. The Bertz CT molecular complexity index is 548. The molecule has 4 N–H and O–H groups in total. The molecule has 0 saturated carbocycles. The Hall–Kier alpha value is -2.14. The molecule has 0 aromatic carbocycles. The molecule has 2 aromatic rings. The second-order valence-electron chi connectivity index (χ2n) is 4.43. The van der Waals surface area contributed by atoms with Crippen LogP contribution >= 0.6 is 0 Å². The fourth-order valence-corrected chi connectivity index (χ4v) is 2.02. The Morgan fingerprint density at radius 1 is 1.32 bits per heavy atom. The molecule has 0 spiro atoms. The molecule has 0 radical (unpaired) electrons. The Labute approximate surface area is 112 Å². The number of carbonyl (C=O) groups is 1. The molecule has 1 amide bonds. The third kappa shape index (κ3) is 3.20. The van der Waals surface area contributed by atoms with Crippen molar-refractivity contribution < 1.29 is 4.79 Å². The fraction of sp³-hybridized carbons (Fsp3) is 0.286. The van der Waals surface area contributed by atoms with E-state index in [0.717, 1.165) is 30.5 Å². The third-order valence-electron chi connectivity index (χ3n) is 2.99. The standard InChI is InChI=1S/C14H18N4O/c15-5-1-2-7-18-9-12(13(10-18)14(16)19)11-4-3-6-17-8-11/h3-4,6,8-10H,1-2,5,7,15H2,(H2,16,19). The van der Waals surface area contributed by atoms with Gasteiger partial charge >= 0.3 is 0 Å². The molecule has 19 heavy (non-hydrogen) atoms. The van der Waals surface area contributed by atoms with Crippen LogP contribution in [0.5, 0.6) is 0 Å². The summed E-state index contributed by atoms with van der Waals surface area (Å²) >= 11 is 0. The van der Waals surface area contributed by atoms with Crippen molar-refractivity contribution in [3.8, 4) is 11.1 Å². The lowest BCUT2D eigenvalue weighted by Gasteiger charge is -2.01. The molecule has 0 saturated heterocycles. The zero-order valence-corrected chi connectivity index (χ0v) is 10.7. The summed E-state index contributed by atoms with van der Waals surface area (Å²) < 4.78 is 1.98. The van der Waals surface area contributed by atoms with Crippen LogP contribution in [0.2, 0.25) is 0 Å². The smallest absolute Gasteiger partial charge is 0.250 e. The van der Waals surface area contributed by atoms with Crippen molar-refractivity contribution >= 4 is 5.91 Å². The Kier molecular flexibility index (Phi) is 4.30. The predicted octanol–water partition coefficient (Wildman–Crippen LogP) is 1.39. The van der Waals surface area contributed by atoms with E-state index in [0.29, 0.717) is 12.1 Å². The van der Waals surface area contributed by atoms with Crippen LogP contribution in [0.1, 0.15) is 23.2 Å². The molecule has 0 unspecified atom stereocenters. The monoisotopic (exact) mass is 258 g/mol. The van der Waals surface area contributed by atoms with Crippen molar-refractivity contribution in [2.75, 3.05) is 6.54 Å². The summed E-state index contributed by atoms with van der Waals surface area (Å²) in [5, 5.41) is 0. The van der Waals surface area contributed by atoms with Crippen molar-refractivity contribution in [2.24, 2.45) is 11.5 Å². The SMILES string of the molecule is NCCCCn1cc(C(N)=O)c(-c2cccnc2)c1. The van der Waals surface area contributed by atoms with Crippen LogP contribution in [0.3, 0.4) is 0 Å². The van der Waals surface area contributed by atoms with E-state index in [4.69, 9.17) is 11.5 Å². The first-order chi connectivity index (χ1) is 9.22. The number of nitrogens with zero attached hydrogens (tertiary/aromatic N) is 2. The summed E-state index contributed by atoms with van der Waals surface area (Å²) in [6.07, 6.45) is 9.11. The number of pyridine rings is 1. The summed E-state index contributed by atoms with van der Waals surface area (Å²) in [7, 11) is 0. The van der Waals surface area contributed by atoms with Crippen molar-refractivity contribution in [2.45, 2.75) is 19.4 Å². The first-order valence-corrected chi connectivity index (χ1v) is 6.32. The number of unbranched alkanes of at least 4 members (excludes halogenated alkanes) is 1. The largest absolute Gasteiger partial charge is 0.366 e. The quantitative estimate of drug-likeness (QED) is 0.767. The second kappa shape index (κ2) is 6.15. The molecule has 0 aliphatic heterocycles.